The summed E-state index contributed by atoms with van der Waals surface area (Å²) in [6.45, 7) is 2.50. The van der Waals surface area contributed by atoms with Gasteiger partial charge >= 0.3 is 17.4 Å². The van der Waals surface area contributed by atoms with Gasteiger partial charge in [0.15, 0.2) is 0 Å². The molecule has 2 heteroatoms. The van der Waals surface area contributed by atoms with Crippen LogP contribution in [-0.4, -0.2) is 13.1 Å². The summed E-state index contributed by atoms with van der Waals surface area (Å²) >= 11 is 0. The average molecular weight is 123 g/mol. The topological polar surface area (TPSA) is 12.0 Å². The molecular formula is C4H9CrN+2. The van der Waals surface area contributed by atoms with E-state index in [9.17, 15) is 0 Å². The van der Waals surface area contributed by atoms with Crippen LogP contribution in [0.5, 0.6) is 0 Å². The van der Waals surface area contributed by atoms with Gasteiger partial charge in [-0.1, -0.05) is 0 Å². The molecule has 0 bridgehead atoms. The molecule has 0 aromatic heterocycles. The first-order chi connectivity index (χ1) is 2.50. The van der Waals surface area contributed by atoms with Crippen molar-refractivity contribution < 1.29 is 17.4 Å². The third-order valence-electron chi connectivity index (χ3n) is 0.957. The van der Waals surface area contributed by atoms with Gasteiger partial charge in [0.25, 0.3) is 0 Å². The molecular weight excluding hydrogens is 114 g/mol. The van der Waals surface area contributed by atoms with Crippen molar-refractivity contribution in [3.8, 4) is 0 Å². The minimum atomic E-state index is 0. The quantitative estimate of drug-likeness (QED) is 0.490. The van der Waals surface area contributed by atoms with Crippen molar-refractivity contribution in [1.82, 2.24) is 5.32 Å². The molecule has 1 rings (SSSR count). The number of nitrogens with one attached hydrogen (secondary N) is 1. The smallest absolute Gasteiger partial charge is 0.317 e. The molecule has 0 atom stereocenters. The first-order valence-corrected chi connectivity index (χ1v) is 2.21. The van der Waals surface area contributed by atoms with E-state index in [0.29, 0.717) is 0 Å². The van der Waals surface area contributed by atoms with Gasteiger partial charge in [-0.15, -0.1) is 0 Å². The molecule has 1 saturated heterocycles. The predicted octanol–water partition coefficient (Wildman–Crippen LogP) is 0.367. The Labute approximate surface area is 49.3 Å². The summed E-state index contributed by atoms with van der Waals surface area (Å²) in [5.41, 5.74) is 0. The van der Waals surface area contributed by atoms with E-state index in [-0.39, 0.29) is 17.4 Å². The Morgan fingerprint density at radius 1 is 1.00 bits per heavy atom. The maximum Gasteiger partial charge on any atom is 2.00 e. The van der Waals surface area contributed by atoms with Crippen LogP contribution in [-0.2, 0) is 17.4 Å². The fourth-order valence-electron chi connectivity index (χ4n) is 0.625. The van der Waals surface area contributed by atoms with Gasteiger partial charge in [0.1, 0.15) is 0 Å². The second kappa shape index (κ2) is 3.67. The SMILES string of the molecule is C1CCNC1.[Cr+2]. The van der Waals surface area contributed by atoms with Crippen LogP contribution in [0.15, 0.2) is 0 Å². The van der Waals surface area contributed by atoms with Crippen LogP contribution in [0.1, 0.15) is 12.8 Å². The van der Waals surface area contributed by atoms with Crippen LogP contribution >= 0.6 is 0 Å². The molecule has 6 heavy (non-hydrogen) atoms. The van der Waals surface area contributed by atoms with Crippen LogP contribution < -0.4 is 5.32 Å². The van der Waals surface area contributed by atoms with Crippen molar-refractivity contribution in [1.29, 1.82) is 0 Å². The number of hydrogen-bond donors (Lipinski definition) is 1. The van der Waals surface area contributed by atoms with E-state index in [1.807, 2.05) is 0 Å². The van der Waals surface area contributed by atoms with Gasteiger partial charge in [-0.25, -0.2) is 0 Å². The Kier molecular flexibility index (Phi) is 3.98. The van der Waals surface area contributed by atoms with Gasteiger partial charge in [0.05, 0.1) is 0 Å². The summed E-state index contributed by atoms with van der Waals surface area (Å²) in [6.07, 6.45) is 2.78. The van der Waals surface area contributed by atoms with Crippen molar-refractivity contribution in [3.05, 3.63) is 0 Å². The molecule has 0 unspecified atom stereocenters. The summed E-state index contributed by atoms with van der Waals surface area (Å²) < 4.78 is 0. The molecule has 0 aromatic carbocycles. The molecule has 0 radical (unpaired) electrons. The molecule has 1 heterocycles. The van der Waals surface area contributed by atoms with Gasteiger partial charge in [-0.05, 0) is 25.9 Å². The Hall–Kier alpha value is 0.492. The predicted molar refractivity (Wildman–Crippen MR) is 22.1 cm³/mol. The molecule has 1 aliphatic heterocycles. The molecule has 1 nitrogen and oxygen atoms in total. The van der Waals surface area contributed by atoms with E-state index in [4.69, 9.17) is 0 Å². The summed E-state index contributed by atoms with van der Waals surface area (Å²) in [4.78, 5) is 0. The molecule has 0 aliphatic carbocycles. The Bertz CT molecular complexity index is 19.1. The van der Waals surface area contributed by atoms with Crippen LogP contribution in [0.2, 0.25) is 0 Å². The molecule has 1 fully saturated rings. The summed E-state index contributed by atoms with van der Waals surface area (Å²) in [5, 5.41) is 3.22. The summed E-state index contributed by atoms with van der Waals surface area (Å²) in [6, 6.07) is 0. The van der Waals surface area contributed by atoms with E-state index >= 15 is 0 Å². The van der Waals surface area contributed by atoms with Crippen LogP contribution in [0.25, 0.3) is 0 Å². The number of hydrogen-bond acceptors (Lipinski definition) is 1. The molecule has 0 spiro atoms. The van der Waals surface area contributed by atoms with E-state index in [1.165, 1.54) is 25.9 Å². The van der Waals surface area contributed by atoms with E-state index < -0.39 is 0 Å². The molecule has 0 saturated carbocycles. The Morgan fingerprint density at radius 3 is 1.67 bits per heavy atom. The van der Waals surface area contributed by atoms with Gasteiger partial charge in [-0.2, -0.15) is 0 Å². The van der Waals surface area contributed by atoms with E-state index in [1.54, 1.807) is 0 Å². The average Bonchev–Trinajstić information content (AvgIpc) is 1.76. The molecule has 34 valence electrons. The van der Waals surface area contributed by atoms with Crippen LogP contribution in [0.4, 0.5) is 0 Å². The van der Waals surface area contributed by atoms with Gasteiger partial charge in [0, 0.05) is 0 Å². The largest absolute Gasteiger partial charge is 2.00 e. The van der Waals surface area contributed by atoms with Crippen LogP contribution in [0.3, 0.4) is 0 Å². The normalized spacial score (nSPS) is 20.0. The first kappa shape index (κ1) is 6.49. The zero-order chi connectivity index (χ0) is 3.54. The fraction of sp³-hybridized carbons (Fsp3) is 1.00. The monoisotopic (exact) mass is 123 g/mol. The minimum Gasteiger partial charge on any atom is -0.317 e. The van der Waals surface area contributed by atoms with Crippen molar-refractivity contribution in [2.45, 2.75) is 12.8 Å². The first-order valence-electron chi connectivity index (χ1n) is 2.21. The maximum atomic E-state index is 3.22. The Balaban J connectivity index is 0.000000250. The summed E-state index contributed by atoms with van der Waals surface area (Å²) in [7, 11) is 0. The van der Waals surface area contributed by atoms with Gasteiger partial charge in [-0.3, -0.25) is 0 Å². The molecule has 1 N–H and O–H groups in total. The van der Waals surface area contributed by atoms with Crippen molar-refractivity contribution in [3.63, 3.8) is 0 Å². The zero-order valence-corrected chi connectivity index (χ0v) is 5.01. The van der Waals surface area contributed by atoms with Gasteiger partial charge < -0.3 is 5.32 Å². The third kappa shape index (κ3) is 1.82. The van der Waals surface area contributed by atoms with Gasteiger partial charge in [0.2, 0.25) is 0 Å². The Morgan fingerprint density at radius 2 is 1.50 bits per heavy atom. The number of rotatable bonds is 0. The molecule has 0 aromatic rings. The second-order valence-electron chi connectivity index (χ2n) is 1.46. The third-order valence-corrected chi connectivity index (χ3v) is 0.957. The molecule has 0 amide bonds. The molecule has 1 aliphatic rings. The van der Waals surface area contributed by atoms with Crippen LogP contribution in [0, 0.1) is 0 Å². The maximum absolute atomic E-state index is 3.22. The van der Waals surface area contributed by atoms with E-state index in [0.717, 1.165) is 0 Å². The minimum absolute atomic E-state index is 0. The zero-order valence-electron chi connectivity index (χ0n) is 3.74. The van der Waals surface area contributed by atoms with Crippen molar-refractivity contribution in [2.75, 3.05) is 13.1 Å². The van der Waals surface area contributed by atoms with Crippen molar-refractivity contribution in [2.24, 2.45) is 0 Å². The summed E-state index contributed by atoms with van der Waals surface area (Å²) in [5.74, 6) is 0. The second-order valence-corrected chi connectivity index (χ2v) is 1.46. The van der Waals surface area contributed by atoms with E-state index in [2.05, 4.69) is 5.32 Å². The fourth-order valence-corrected chi connectivity index (χ4v) is 0.625. The standard InChI is InChI=1S/C4H9N.Cr/c1-2-4-5-3-1;/h5H,1-4H2;/q;+2. The van der Waals surface area contributed by atoms with Crippen molar-refractivity contribution >= 4 is 0 Å².